The van der Waals surface area contributed by atoms with Gasteiger partial charge in [0.1, 0.15) is 16.9 Å². The highest BCUT2D eigenvalue weighted by Gasteiger charge is 2.29. The Morgan fingerprint density at radius 1 is 1.21 bits per heavy atom. The number of thioether (sulfide) groups is 1. The van der Waals surface area contributed by atoms with E-state index in [-0.39, 0.29) is 24.3 Å². The van der Waals surface area contributed by atoms with Crippen molar-refractivity contribution < 1.29 is 18.6 Å². The number of hydrogen-bond donors (Lipinski definition) is 1. The average Bonchev–Trinajstić information content (AvgIpc) is 2.88. The first-order chi connectivity index (χ1) is 16.6. The number of aromatic nitrogens is 2. The number of hydrogen-bond acceptors (Lipinski definition) is 6. The van der Waals surface area contributed by atoms with Gasteiger partial charge in [-0.15, -0.1) is 11.8 Å². The molecule has 1 N–H and O–H groups in total. The highest BCUT2D eigenvalue weighted by molar-refractivity contribution is 7.99. The lowest BCUT2D eigenvalue weighted by Crippen LogP contribution is -2.43. The van der Waals surface area contributed by atoms with E-state index in [4.69, 9.17) is 4.74 Å². The van der Waals surface area contributed by atoms with Gasteiger partial charge in [-0.25, -0.2) is 13.8 Å². The number of nitrogens with zero attached hydrogens (tertiary/aromatic N) is 3. The molecule has 0 spiro atoms. The van der Waals surface area contributed by atoms with Gasteiger partial charge < -0.3 is 14.7 Å². The maximum absolute atomic E-state index is 15.3. The number of alkyl halides is 1. The fraction of sp³-hybridized carbons (Fsp3) is 0.462. The van der Waals surface area contributed by atoms with Gasteiger partial charge in [0.2, 0.25) is 0 Å². The molecule has 0 aliphatic carbocycles. The minimum absolute atomic E-state index is 0.0928. The molecular weight excluding hydrogens is 456 g/mol. The number of pyridine rings is 2. The minimum Gasteiger partial charge on any atom is -0.497 e. The van der Waals surface area contributed by atoms with E-state index < -0.39 is 6.17 Å². The molecule has 0 bridgehead atoms. The second kappa shape index (κ2) is 11.9. The molecule has 0 amide bonds. The molecule has 4 rings (SSSR count). The van der Waals surface area contributed by atoms with E-state index in [1.165, 1.54) is 17.8 Å². The average molecular weight is 488 g/mol. The van der Waals surface area contributed by atoms with Crippen molar-refractivity contribution in [3.63, 3.8) is 0 Å². The maximum atomic E-state index is 15.3. The molecule has 3 aromatic rings. The second-order valence-corrected chi connectivity index (χ2v) is 9.84. The molecule has 5 nitrogen and oxygen atoms in total. The molecule has 0 saturated carbocycles. The lowest BCUT2D eigenvalue weighted by atomic mass is 9.81. The van der Waals surface area contributed by atoms with Crippen molar-refractivity contribution >= 4 is 22.7 Å². The van der Waals surface area contributed by atoms with Gasteiger partial charge in [-0.1, -0.05) is 0 Å². The van der Waals surface area contributed by atoms with Crippen molar-refractivity contribution in [3.05, 3.63) is 60.2 Å². The lowest BCUT2D eigenvalue weighted by Gasteiger charge is -2.38. The fourth-order valence-electron chi connectivity index (χ4n) is 4.76. The molecule has 1 saturated heterocycles. The molecule has 1 aliphatic rings. The van der Waals surface area contributed by atoms with Crippen LogP contribution in [0.5, 0.6) is 5.75 Å². The Hall–Kier alpha value is -2.29. The third-order valence-corrected chi connectivity index (χ3v) is 7.65. The van der Waals surface area contributed by atoms with Gasteiger partial charge in [0, 0.05) is 43.2 Å². The van der Waals surface area contributed by atoms with Crippen LogP contribution in [0.1, 0.15) is 31.0 Å². The number of aliphatic hydroxyl groups is 1. The first-order valence-electron chi connectivity index (χ1n) is 11.7. The van der Waals surface area contributed by atoms with E-state index in [2.05, 4.69) is 14.9 Å². The molecule has 34 heavy (non-hydrogen) atoms. The minimum atomic E-state index is -1.10. The molecule has 2 aromatic heterocycles. The maximum Gasteiger partial charge on any atom is 0.155 e. The molecule has 1 aromatic carbocycles. The van der Waals surface area contributed by atoms with Crippen LogP contribution in [-0.4, -0.2) is 59.1 Å². The predicted molar refractivity (Wildman–Crippen MR) is 131 cm³/mol. The van der Waals surface area contributed by atoms with Gasteiger partial charge in [0.05, 0.1) is 12.6 Å². The van der Waals surface area contributed by atoms with Crippen molar-refractivity contribution in [1.29, 1.82) is 0 Å². The summed E-state index contributed by atoms with van der Waals surface area (Å²) in [4.78, 5) is 10.7. The van der Waals surface area contributed by atoms with E-state index in [9.17, 15) is 9.50 Å². The quantitative estimate of drug-likeness (QED) is 0.392. The van der Waals surface area contributed by atoms with Crippen LogP contribution in [-0.2, 0) is 0 Å². The number of halogens is 2. The topological polar surface area (TPSA) is 58.5 Å². The molecule has 3 heterocycles. The third kappa shape index (κ3) is 6.03. The van der Waals surface area contributed by atoms with Crippen LogP contribution in [0.3, 0.4) is 0 Å². The Bertz CT molecular complexity index is 1090. The monoisotopic (exact) mass is 487 g/mol. The first-order valence-corrected chi connectivity index (χ1v) is 12.7. The zero-order valence-electron chi connectivity index (χ0n) is 19.4. The van der Waals surface area contributed by atoms with Crippen molar-refractivity contribution in [1.82, 2.24) is 14.9 Å². The van der Waals surface area contributed by atoms with Crippen LogP contribution in [0.4, 0.5) is 8.78 Å². The number of likely N-dealkylation sites (tertiary alicyclic amines) is 1. The fourth-order valence-corrected chi connectivity index (χ4v) is 5.64. The second-order valence-electron chi connectivity index (χ2n) is 8.76. The van der Waals surface area contributed by atoms with E-state index in [1.54, 1.807) is 31.6 Å². The van der Waals surface area contributed by atoms with Crippen molar-refractivity contribution in [3.8, 4) is 5.75 Å². The summed E-state index contributed by atoms with van der Waals surface area (Å²) in [6.45, 7) is 2.58. The Morgan fingerprint density at radius 3 is 2.88 bits per heavy atom. The third-order valence-electron chi connectivity index (χ3n) is 6.69. The molecule has 8 heteroatoms. The van der Waals surface area contributed by atoms with Crippen LogP contribution in [0.25, 0.3) is 10.9 Å². The predicted octanol–water partition coefficient (Wildman–Crippen LogP) is 5.29. The summed E-state index contributed by atoms with van der Waals surface area (Å²) in [6.07, 6.45) is 4.21. The largest absolute Gasteiger partial charge is 0.497 e. The van der Waals surface area contributed by atoms with Gasteiger partial charge in [-0.05, 0) is 79.6 Å². The van der Waals surface area contributed by atoms with E-state index in [1.807, 2.05) is 18.2 Å². The van der Waals surface area contributed by atoms with Crippen LogP contribution < -0.4 is 4.74 Å². The Morgan fingerprint density at radius 2 is 2.09 bits per heavy atom. The molecule has 3 atom stereocenters. The summed E-state index contributed by atoms with van der Waals surface area (Å²) in [5.41, 5.74) is 1.40. The van der Waals surface area contributed by atoms with Crippen LogP contribution in [0, 0.1) is 17.7 Å². The van der Waals surface area contributed by atoms with Crippen molar-refractivity contribution in [2.75, 3.05) is 39.1 Å². The summed E-state index contributed by atoms with van der Waals surface area (Å²) in [6, 6.07) is 10.3. The van der Waals surface area contributed by atoms with Crippen LogP contribution in [0.15, 0.2) is 53.8 Å². The zero-order valence-corrected chi connectivity index (χ0v) is 20.2. The standard InChI is InChI=1S/C26H31F2N3O2S/c1-33-20-5-7-25-22(15-20)21(8-11-29-25)23(27)6-4-18-9-12-31(16-19(18)17-32)13-14-34-26-24(28)3-2-10-30-26/h2-3,5,7-8,10-11,15,18-19,23,32H,4,6,9,12-14,16-17H2,1H3/t18-,19-,23-/m1/s1. The number of methoxy groups -OCH3 is 1. The number of ether oxygens (including phenoxy) is 1. The van der Waals surface area contributed by atoms with Crippen LogP contribution >= 0.6 is 11.8 Å². The molecule has 0 unspecified atom stereocenters. The number of rotatable bonds is 10. The molecule has 1 aliphatic heterocycles. The number of benzene rings is 1. The van der Waals surface area contributed by atoms with E-state index >= 15 is 4.39 Å². The Kier molecular flexibility index (Phi) is 8.69. The van der Waals surface area contributed by atoms with Gasteiger partial charge in [0.15, 0.2) is 5.82 Å². The zero-order chi connectivity index (χ0) is 23.9. The molecule has 0 radical (unpaired) electrons. The summed E-state index contributed by atoms with van der Waals surface area (Å²) < 4.78 is 34.4. The highest BCUT2D eigenvalue weighted by atomic mass is 32.2. The highest BCUT2D eigenvalue weighted by Crippen LogP contribution is 2.35. The molecule has 1 fully saturated rings. The van der Waals surface area contributed by atoms with E-state index in [0.717, 1.165) is 49.1 Å². The number of aliphatic hydroxyl groups excluding tert-OH is 1. The molecule has 182 valence electrons. The van der Waals surface area contributed by atoms with Gasteiger partial charge in [-0.3, -0.25) is 4.98 Å². The summed E-state index contributed by atoms with van der Waals surface area (Å²) in [5, 5.41) is 11.2. The summed E-state index contributed by atoms with van der Waals surface area (Å²) in [7, 11) is 1.60. The first kappa shape index (κ1) is 24.8. The number of piperidine rings is 1. The van der Waals surface area contributed by atoms with Gasteiger partial charge in [0.25, 0.3) is 0 Å². The van der Waals surface area contributed by atoms with Crippen molar-refractivity contribution in [2.45, 2.75) is 30.5 Å². The van der Waals surface area contributed by atoms with Crippen molar-refractivity contribution in [2.24, 2.45) is 11.8 Å². The Labute approximate surface area is 203 Å². The summed E-state index contributed by atoms with van der Waals surface area (Å²) >= 11 is 1.41. The van der Waals surface area contributed by atoms with Gasteiger partial charge >= 0.3 is 0 Å². The van der Waals surface area contributed by atoms with E-state index in [0.29, 0.717) is 22.8 Å². The lowest BCUT2D eigenvalue weighted by molar-refractivity contribution is 0.0672. The molecular formula is C26H31F2N3O2S. The summed E-state index contributed by atoms with van der Waals surface area (Å²) in [5.74, 6) is 1.53. The Balaban J connectivity index is 1.30. The van der Waals surface area contributed by atoms with Crippen LogP contribution in [0.2, 0.25) is 0 Å². The number of fused-ring (bicyclic) bond motifs is 1. The van der Waals surface area contributed by atoms with Gasteiger partial charge in [-0.2, -0.15) is 0 Å². The smallest absolute Gasteiger partial charge is 0.155 e. The normalized spacial score (nSPS) is 19.9. The SMILES string of the molecule is COc1ccc2nccc([C@H](F)CC[C@@H]3CCN(CCSc4ncccc4F)C[C@@H]3CO)c2c1.